The molecule has 25 heavy (non-hydrogen) atoms. The Morgan fingerprint density at radius 2 is 1.76 bits per heavy atom. The van der Waals surface area contributed by atoms with E-state index in [9.17, 15) is 9.59 Å². The van der Waals surface area contributed by atoms with Gasteiger partial charge in [0.05, 0.1) is 6.42 Å². The number of amides is 2. The van der Waals surface area contributed by atoms with Crippen molar-refractivity contribution in [3.05, 3.63) is 35.4 Å². The van der Waals surface area contributed by atoms with Crippen LogP contribution < -0.4 is 0 Å². The molecule has 2 aliphatic rings. The van der Waals surface area contributed by atoms with Crippen LogP contribution >= 0.6 is 0 Å². The fourth-order valence-electron chi connectivity index (χ4n) is 3.95. The van der Waals surface area contributed by atoms with Gasteiger partial charge in [-0.2, -0.15) is 0 Å². The standard InChI is InChI=1S/C21H30N2O2/c1-16(2)18-8-6-17(7-9-18)15-21(25)22-13-10-19(11-14-22)23-12-4-3-5-20(23)24/h6-9,16,19H,3-5,10-15H2,1-2H3. The lowest BCUT2D eigenvalue weighted by molar-refractivity contribution is -0.138. The molecule has 136 valence electrons. The van der Waals surface area contributed by atoms with Gasteiger partial charge in [0.2, 0.25) is 11.8 Å². The normalized spacial score (nSPS) is 19.6. The van der Waals surface area contributed by atoms with Gasteiger partial charge in [-0.15, -0.1) is 0 Å². The number of hydrogen-bond donors (Lipinski definition) is 0. The second kappa shape index (κ2) is 8.03. The number of rotatable bonds is 4. The average Bonchev–Trinajstić information content (AvgIpc) is 2.63. The topological polar surface area (TPSA) is 40.6 Å². The fourth-order valence-corrected chi connectivity index (χ4v) is 3.95. The first kappa shape index (κ1) is 18.0. The predicted molar refractivity (Wildman–Crippen MR) is 99.4 cm³/mol. The maximum absolute atomic E-state index is 12.6. The maximum atomic E-state index is 12.6. The summed E-state index contributed by atoms with van der Waals surface area (Å²) in [6.07, 6.45) is 5.17. The van der Waals surface area contributed by atoms with Gasteiger partial charge in [-0.3, -0.25) is 9.59 Å². The molecule has 0 aliphatic carbocycles. The Bertz CT molecular complexity index is 601. The van der Waals surface area contributed by atoms with Crippen LogP contribution in [0.25, 0.3) is 0 Å². The number of likely N-dealkylation sites (tertiary alicyclic amines) is 2. The Labute approximate surface area is 151 Å². The zero-order valence-corrected chi connectivity index (χ0v) is 15.5. The molecule has 4 heteroatoms. The summed E-state index contributed by atoms with van der Waals surface area (Å²) in [5.41, 5.74) is 2.39. The molecule has 3 rings (SSSR count). The van der Waals surface area contributed by atoms with Gasteiger partial charge < -0.3 is 9.80 Å². The zero-order valence-electron chi connectivity index (χ0n) is 15.5. The minimum absolute atomic E-state index is 0.209. The number of carbonyl (C=O) groups is 2. The largest absolute Gasteiger partial charge is 0.342 e. The molecule has 2 amide bonds. The van der Waals surface area contributed by atoms with Gasteiger partial charge >= 0.3 is 0 Å². The van der Waals surface area contributed by atoms with Gasteiger partial charge in [0.1, 0.15) is 0 Å². The molecule has 0 saturated carbocycles. The van der Waals surface area contributed by atoms with E-state index in [1.54, 1.807) is 0 Å². The number of nitrogens with zero attached hydrogens (tertiary/aromatic N) is 2. The number of benzene rings is 1. The Morgan fingerprint density at radius 3 is 2.36 bits per heavy atom. The van der Waals surface area contributed by atoms with Crippen molar-refractivity contribution >= 4 is 11.8 Å². The average molecular weight is 342 g/mol. The van der Waals surface area contributed by atoms with E-state index in [1.165, 1.54) is 5.56 Å². The molecule has 2 fully saturated rings. The summed E-state index contributed by atoms with van der Waals surface area (Å²) in [6.45, 7) is 6.81. The zero-order chi connectivity index (χ0) is 17.8. The second-order valence-corrected chi connectivity index (χ2v) is 7.73. The van der Waals surface area contributed by atoms with E-state index in [2.05, 4.69) is 43.0 Å². The van der Waals surface area contributed by atoms with Crippen molar-refractivity contribution in [1.82, 2.24) is 9.80 Å². The van der Waals surface area contributed by atoms with Gasteiger partial charge in [0.15, 0.2) is 0 Å². The SMILES string of the molecule is CC(C)c1ccc(CC(=O)N2CCC(N3CCCCC3=O)CC2)cc1. The highest BCUT2D eigenvalue weighted by molar-refractivity contribution is 5.79. The van der Waals surface area contributed by atoms with E-state index in [0.29, 0.717) is 30.7 Å². The van der Waals surface area contributed by atoms with Gasteiger partial charge in [-0.05, 0) is 42.7 Å². The third-order valence-electron chi connectivity index (χ3n) is 5.62. The van der Waals surface area contributed by atoms with Crippen molar-refractivity contribution < 1.29 is 9.59 Å². The molecule has 0 radical (unpaired) electrons. The monoisotopic (exact) mass is 342 g/mol. The predicted octanol–water partition coefficient (Wildman–Crippen LogP) is 3.36. The summed E-state index contributed by atoms with van der Waals surface area (Å²) < 4.78 is 0. The lowest BCUT2D eigenvalue weighted by Gasteiger charge is -2.40. The summed E-state index contributed by atoms with van der Waals surface area (Å²) in [4.78, 5) is 28.7. The fraction of sp³-hybridized carbons (Fsp3) is 0.619. The second-order valence-electron chi connectivity index (χ2n) is 7.73. The minimum Gasteiger partial charge on any atom is -0.342 e. The van der Waals surface area contributed by atoms with Crippen molar-refractivity contribution in [2.24, 2.45) is 0 Å². The molecule has 0 unspecified atom stereocenters. The maximum Gasteiger partial charge on any atom is 0.226 e. The Balaban J connectivity index is 1.50. The quantitative estimate of drug-likeness (QED) is 0.842. The highest BCUT2D eigenvalue weighted by atomic mass is 16.2. The highest BCUT2D eigenvalue weighted by Gasteiger charge is 2.30. The van der Waals surface area contributed by atoms with Crippen molar-refractivity contribution in [1.29, 1.82) is 0 Å². The highest BCUT2D eigenvalue weighted by Crippen LogP contribution is 2.22. The van der Waals surface area contributed by atoms with Crippen LogP contribution in [0.4, 0.5) is 0 Å². The third kappa shape index (κ3) is 4.42. The minimum atomic E-state index is 0.209. The number of piperidine rings is 2. The van der Waals surface area contributed by atoms with Crippen molar-refractivity contribution in [2.75, 3.05) is 19.6 Å². The summed E-state index contributed by atoms with van der Waals surface area (Å²) >= 11 is 0. The first-order chi connectivity index (χ1) is 12.0. The molecule has 2 saturated heterocycles. The molecule has 2 aliphatic heterocycles. The van der Waals surface area contributed by atoms with Crippen molar-refractivity contribution in [3.8, 4) is 0 Å². The smallest absolute Gasteiger partial charge is 0.226 e. The Hall–Kier alpha value is -1.84. The van der Waals surface area contributed by atoms with Crippen LogP contribution in [0, 0.1) is 0 Å². The van der Waals surface area contributed by atoms with E-state index in [4.69, 9.17) is 0 Å². The number of carbonyl (C=O) groups excluding carboxylic acids is 2. The summed E-state index contributed by atoms with van der Waals surface area (Å²) in [5.74, 6) is 1.03. The molecule has 1 aromatic rings. The van der Waals surface area contributed by atoms with Crippen LogP contribution in [0.3, 0.4) is 0 Å². The molecule has 0 bridgehead atoms. The van der Waals surface area contributed by atoms with Crippen LogP contribution in [0.2, 0.25) is 0 Å². The lowest BCUT2D eigenvalue weighted by atomic mass is 9.98. The molecular weight excluding hydrogens is 312 g/mol. The Morgan fingerprint density at radius 1 is 1.08 bits per heavy atom. The lowest BCUT2D eigenvalue weighted by Crippen LogP contribution is -2.50. The summed E-state index contributed by atoms with van der Waals surface area (Å²) in [7, 11) is 0. The molecule has 1 aromatic carbocycles. The molecular formula is C21H30N2O2. The van der Waals surface area contributed by atoms with Crippen molar-refractivity contribution in [2.45, 2.75) is 64.3 Å². The van der Waals surface area contributed by atoms with Gasteiger partial charge in [0.25, 0.3) is 0 Å². The van der Waals surface area contributed by atoms with Gasteiger partial charge in [0, 0.05) is 32.1 Å². The first-order valence-electron chi connectivity index (χ1n) is 9.70. The van der Waals surface area contributed by atoms with Crippen molar-refractivity contribution in [3.63, 3.8) is 0 Å². The first-order valence-corrected chi connectivity index (χ1v) is 9.70. The third-order valence-corrected chi connectivity index (χ3v) is 5.62. The summed E-state index contributed by atoms with van der Waals surface area (Å²) in [6, 6.07) is 8.74. The molecule has 4 nitrogen and oxygen atoms in total. The van der Waals surface area contributed by atoms with Gasteiger partial charge in [-0.1, -0.05) is 38.1 Å². The van der Waals surface area contributed by atoms with Gasteiger partial charge in [-0.25, -0.2) is 0 Å². The van der Waals surface area contributed by atoms with Crippen LogP contribution in [0.5, 0.6) is 0 Å². The summed E-state index contributed by atoms with van der Waals surface area (Å²) in [5, 5.41) is 0. The van der Waals surface area contributed by atoms with Crippen LogP contribution in [-0.4, -0.2) is 47.3 Å². The van der Waals surface area contributed by atoms with E-state index in [1.807, 2.05) is 4.90 Å². The van der Waals surface area contributed by atoms with Crippen LogP contribution in [0.1, 0.15) is 63.0 Å². The molecule has 0 N–H and O–H groups in total. The van der Waals surface area contributed by atoms with E-state index < -0.39 is 0 Å². The molecule has 0 spiro atoms. The molecule has 0 aromatic heterocycles. The molecule has 2 heterocycles. The van der Waals surface area contributed by atoms with E-state index in [0.717, 1.165) is 50.9 Å². The van der Waals surface area contributed by atoms with Crippen LogP contribution in [0.15, 0.2) is 24.3 Å². The Kier molecular flexibility index (Phi) is 5.77. The van der Waals surface area contributed by atoms with E-state index in [-0.39, 0.29) is 5.91 Å². The molecule has 0 atom stereocenters. The van der Waals surface area contributed by atoms with Crippen LogP contribution in [-0.2, 0) is 16.0 Å². The van der Waals surface area contributed by atoms with E-state index >= 15 is 0 Å². The number of hydrogen-bond acceptors (Lipinski definition) is 2.